The summed E-state index contributed by atoms with van der Waals surface area (Å²) in [5, 5.41) is 7.98. The second-order valence-electron chi connectivity index (χ2n) is 5.08. The molecule has 6 heteroatoms. The van der Waals surface area contributed by atoms with Crippen molar-refractivity contribution < 1.29 is 9.32 Å². The van der Waals surface area contributed by atoms with Crippen molar-refractivity contribution in [2.45, 2.75) is 6.92 Å². The van der Waals surface area contributed by atoms with Crippen LogP contribution in [0, 0.1) is 6.92 Å². The van der Waals surface area contributed by atoms with E-state index in [-0.39, 0.29) is 5.91 Å². The summed E-state index contributed by atoms with van der Waals surface area (Å²) >= 11 is 3.37. The third-order valence-electron chi connectivity index (χ3n) is 3.39. The number of carbonyl (C=O) groups is 1. The molecule has 0 aliphatic heterocycles. The molecule has 3 aromatic rings. The van der Waals surface area contributed by atoms with Crippen molar-refractivity contribution in [1.29, 1.82) is 0 Å². The van der Waals surface area contributed by atoms with Gasteiger partial charge in [0.2, 0.25) is 0 Å². The van der Waals surface area contributed by atoms with E-state index in [1.54, 1.807) is 13.1 Å². The van der Waals surface area contributed by atoms with Gasteiger partial charge in [-0.2, -0.15) is 5.10 Å². The predicted molar refractivity (Wildman–Crippen MR) is 95.9 cm³/mol. The molecule has 3 rings (SSSR count). The Bertz CT molecular complexity index is 871. The van der Waals surface area contributed by atoms with Gasteiger partial charge in [-0.05, 0) is 24.6 Å². The SMILES string of the molecule is Cc1onc(-c2ccccc2)c1C(=O)NN=Cc1ccc(Br)cc1. The van der Waals surface area contributed by atoms with Crippen LogP contribution < -0.4 is 5.43 Å². The van der Waals surface area contributed by atoms with Crippen LogP contribution in [-0.4, -0.2) is 17.3 Å². The van der Waals surface area contributed by atoms with Gasteiger partial charge < -0.3 is 4.52 Å². The molecule has 5 nitrogen and oxygen atoms in total. The number of hydrazone groups is 1. The highest BCUT2D eigenvalue weighted by atomic mass is 79.9. The molecule has 2 aromatic carbocycles. The molecule has 0 saturated carbocycles. The highest BCUT2D eigenvalue weighted by Gasteiger charge is 2.21. The number of carbonyl (C=O) groups excluding carboxylic acids is 1. The van der Waals surface area contributed by atoms with Gasteiger partial charge in [-0.3, -0.25) is 4.79 Å². The molecular formula is C18H14BrN3O2. The van der Waals surface area contributed by atoms with Crippen molar-refractivity contribution in [3.8, 4) is 11.3 Å². The zero-order valence-electron chi connectivity index (χ0n) is 12.9. The van der Waals surface area contributed by atoms with Crippen LogP contribution in [0.5, 0.6) is 0 Å². The van der Waals surface area contributed by atoms with Gasteiger partial charge in [-0.25, -0.2) is 5.43 Å². The molecule has 0 unspecified atom stereocenters. The molecule has 1 amide bonds. The number of halogens is 1. The quantitative estimate of drug-likeness (QED) is 0.542. The highest BCUT2D eigenvalue weighted by Crippen LogP contribution is 2.24. The molecule has 24 heavy (non-hydrogen) atoms. The normalized spacial score (nSPS) is 10.9. The van der Waals surface area contributed by atoms with E-state index in [4.69, 9.17) is 4.52 Å². The Morgan fingerprint density at radius 1 is 1.17 bits per heavy atom. The van der Waals surface area contributed by atoms with Gasteiger partial charge in [-0.1, -0.05) is 63.6 Å². The van der Waals surface area contributed by atoms with Crippen molar-refractivity contribution in [2.24, 2.45) is 5.10 Å². The predicted octanol–water partition coefficient (Wildman–Crippen LogP) is 4.18. The number of nitrogens with zero attached hydrogens (tertiary/aromatic N) is 2. The summed E-state index contributed by atoms with van der Waals surface area (Å²) < 4.78 is 6.16. The molecule has 120 valence electrons. The number of hydrogen-bond donors (Lipinski definition) is 1. The van der Waals surface area contributed by atoms with E-state index >= 15 is 0 Å². The maximum atomic E-state index is 12.4. The third kappa shape index (κ3) is 3.60. The van der Waals surface area contributed by atoms with Gasteiger partial charge in [0.25, 0.3) is 5.91 Å². The van der Waals surface area contributed by atoms with E-state index in [2.05, 4.69) is 31.6 Å². The summed E-state index contributed by atoms with van der Waals surface area (Å²) in [6, 6.07) is 17.0. The maximum absolute atomic E-state index is 12.4. The van der Waals surface area contributed by atoms with Gasteiger partial charge in [0.15, 0.2) is 0 Å². The van der Waals surface area contributed by atoms with Gasteiger partial charge in [0, 0.05) is 10.0 Å². The van der Waals surface area contributed by atoms with Crippen LogP contribution in [-0.2, 0) is 0 Å². The smallest absolute Gasteiger partial charge is 0.277 e. The zero-order valence-corrected chi connectivity index (χ0v) is 14.4. The van der Waals surface area contributed by atoms with E-state index in [1.165, 1.54) is 0 Å². The Labute approximate surface area is 147 Å². The topological polar surface area (TPSA) is 67.5 Å². The van der Waals surface area contributed by atoms with Gasteiger partial charge in [-0.15, -0.1) is 0 Å². The third-order valence-corrected chi connectivity index (χ3v) is 3.92. The van der Waals surface area contributed by atoms with E-state index in [0.717, 1.165) is 15.6 Å². The lowest BCUT2D eigenvalue weighted by Gasteiger charge is -2.01. The first-order chi connectivity index (χ1) is 11.6. The van der Waals surface area contributed by atoms with Crippen LogP contribution in [0.2, 0.25) is 0 Å². The fourth-order valence-electron chi connectivity index (χ4n) is 2.20. The second-order valence-corrected chi connectivity index (χ2v) is 5.99. The summed E-state index contributed by atoms with van der Waals surface area (Å²) in [5.41, 5.74) is 5.10. The first-order valence-electron chi connectivity index (χ1n) is 7.26. The summed E-state index contributed by atoms with van der Waals surface area (Å²) in [7, 11) is 0. The fourth-order valence-corrected chi connectivity index (χ4v) is 2.47. The number of aryl methyl sites for hydroxylation is 1. The number of nitrogens with one attached hydrogen (secondary N) is 1. The lowest BCUT2D eigenvalue weighted by atomic mass is 10.1. The van der Waals surface area contributed by atoms with Crippen molar-refractivity contribution >= 4 is 28.1 Å². The second kappa shape index (κ2) is 7.23. The summed E-state index contributed by atoms with van der Waals surface area (Å²) in [6.45, 7) is 1.70. The van der Waals surface area contributed by atoms with Crippen molar-refractivity contribution in [1.82, 2.24) is 10.6 Å². The molecule has 0 spiro atoms. The maximum Gasteiger partial charge on any atom is 0.277 e. The molecule has 0 bridgehead atoms. The van der Waals surface area contributed by atoms with Gasteiger partial charge in [0.1, 0.15) is 17.0 Å². The van der Waals surface area contributed by atoms with E-state index in [0.29, 0.717) is 17.0 Å². The minimum Gasteiger partial charge on any atom is -0.360 e. The molecule has 0 aliphatic rings. The highest BCUT2D eigenvalue weighted by molar-refractivity contribution is 9.10. The van der Waals surface area contributed by atoms with E-state index in [1.807, 2.05) is 54.6 Å². The number of benzene rings is 2. The zero-order chi connectivity index (χ0) is 16.9. The minimum atomic E-state index is -0.360. The Kier molecular flexibility index (Phi) is 4.86. The Morgan fingerprint density at radius 3 is 2.58 bits per heavy atom. The minimum absolute atomic E-state index is 0.360. The molecule has 1 N–H and O–H groups in total. The van der Waals surface area contributed by atoms with E-state index < -0.39 is 0 Å². The average molecular weight is 384 g/mol. The summed E-state index contributed by atoms with van der Waals surface area (Å²) in [5.74, 6) is 0.0890. The van der Waals surface area contributed by atoms with Crippen LogP contribution >= 0.6 is 15.9 Å². The molecule has 1 heterocycles. The Balaban J connectivity index is 1.78. The van der Waals surface area contributed by atoms with Crippen LogP contribution in [0.4, 0.5) is 0 Å². The molecule has 0 atom stereocenters. The Morgan fingerprint density at radius 2 is 1.88 bits per heavy atom. The standard InChI is InChI=1S/C18H14BrN3O2/c1-12-16(17(22-24-12)14-5-3-2-4-6-14)18(23)21-20-11-13-7-9-15(19)10-8-13/h2-11H,1H3,(H,21,23). The first-order valence-corrected chi connectivity index (χ1v) is 8.05. The molecule has 0 radical (unpaired) electrons. The molecule has 0 fully saturated rings. The number of aromatic nitrogens is 1. The molecular weight excluding hydrogens is 370 g/mol. The monoisotopic (exact) mass is 383 g/mol. The Hall–Kier alpha value is -2.73. The lowest BCUT2D eigenvalue weighted by Crippen LogP contribution is -2.18. The largest absolute Gasteiger partial charge is 0.360 e. The van der Waals surface area contributed by atoms with Crippen molar-refractivity contribution in [3.05, 3.63) is 76.0 Å². The van der Waals surface area contributed by atoms with Crippen LogP contribution in [0.3, 0.4) is 0 Å². The van der Waals surface area contributed by atoms with Crippen LogP contribution in [0.15, 0.2) is 68.7 Å². The lowest BCUT2D eigenvalue weighted by molar-refractivity contribution is 0.0954. The van der Waals surface area contributed by atoms with Gasteiger partial charge in [0.05, 0.1) is 6.21 Å². The number of amides is 1. The van der Waals surface area contributed by atoms with Crippen molar-refractivity contribution in [3.63, 3.8) is 0 Å². The van der Waals surface area contributed by atoms with E-state index in [9.17, 15) is 4.79 Å². The van der Waals surface area contributed by atoms with Crippen molar-refractivity contribution in [2.75, 3.05) is 0 Å². The van der Waals surface area contributed by atoms with Gasteiger partial charge >= 0.3 is 0 Å². The molecule has 0 saturated heterocycles. The molecule has 0 aliphatic carbocycles. The molecule has 1 aromatic heterocycles. The summed E-state index contributed by atoms with van der Waals surface area (Å²) in [6.07, 6.45) is 1.58. The summed E-state index contributed by atoms with van der Waals surface area (Å²) in [4.78, 5) is 12.4. The van der Waals surface area contributed by atoms with Crippen LogP contribution in [0.25, 0.3) is 11.3 Å². The number of rotatable bonds is 4. The fraction of sp³-hybridized carbons (Fsp3) is 0.0556. The number of hydrogen-bond acceptors (Lipinski definition) is 4. The van der Waals surface area contributed by atoms with Crippen LogP contribution in [0.1, 0.15) is 21.7 Å². The first kappa shape index (κ1) is 16.1. The average Bonchev–Trinajstić information content (AvgIpc) is 2.99.